The molecule has 48 heavy (non-hydrogen) atoms. The highest BCUT2D eigenvalue weighted by atomic mass is 19.1. The van der Waals surface area contributed by atoms with Gasteiger partial charge in [0, 0.05) is 49.8 Å². The van der Waals surface area contributed by atoms with Gasteiger partial charge in [-0.2, -0.15) is 0 Å². The van der Waals surface area contributed by atoms with Crippen LogP contribution in [0.25, 0.3) is 11.3 Å². The van der Waals surface area contributed by atoms with Crippen LogP contribution in [0.2, 0.25) is 0 Å². The molecule has 0 spiro atoms. The number of rotatable bonds is 12. The van der Waals surface area contributed by atoms with E-state index in [-0.39, 0.29) is 43.3 Å². The number of aromatic nitrogens is 2. The number of carbonyl (C=O) groups excluding carboxylic acids is 2. The molecule has 1 N–H and O–H groups in total. The lowest BCUT2D eigenvalue weighted by Gasteiger charge is -2.42. The highest BCUT2D eigenvalue weighted by Gasteiger charge is 2.46. The second-order valence-corrected chi connectivity index (χ2v) is 13.8. The second-order valence-electron chi connectivity index (χ2n) is 13.8. The molecule has 10 nitrogen and oxygen atoms in total. The first-order valence-electron chi connectivity index (χ1n) is 15.7. The summed E-state index contributed by atoms with van der Waals surface area (Å²) in [5.41, 5.74) is -1.28. The van der Waals surface area contributed by atoms with Crippen LogP contribution in [0.5, 0.6) is 0 Å². The smallest absolute Gasteiger partial charge is 0.410 e. The number of aliphatic carboxylic acids is 1. The minimum absolute atomic E-state index is 0.0584. The Morgan fingerprint density at radius 1 is 1.06 bits per heavy atom. The van der Waals surface area contributed by atoms with Gasteiger partial charge in [0.25, 0.3) is 0 Å². The summed E-state index contributed by atoms with van der Waals surface area (Å²) in [5, 5.41) is 9.97. The molecule has 3 unspecified atom stereocenters. The van der Waals surface area contributed by atoms with Crippen LogP contribution >= 0.6 is 0 Å². The quantitative estimate of drug-likeness (QED) is 0.248. The van der Waals surface area contributed by atoms with Gasteiger partial charge in [0.1, 0.15) is 35.8 Å². The summed E-state index contributed by atoms with van der Waals surface area (Å²) in [4.78, 5) is 46.3. The third-order valence-electron chi connectivity index (χ3n) is 8.14. The number of hydrogen-bond donors (Lipinski definition) is 1. The Kier molecular flexibility index (Phi) is 11.2. The van der Waals surface area contributed by atoms with Crippen LogP contribution in [0.3, 0.4) is 0 Å². The molecule has 1 aromatic heterocycles. The zero-order valence-electron chi connectivity index (χ0n) is 28.1. The number of carboxylic acid groups (broad SMARTS) is 1. The number of amides is 2. The van der Waals surface area contributed by atoms with E-state index in [0.29, 0.717) is 0 Å². The van der Waals surface area contributed by atoms with Crippen molar-refractivity contribution in [2.75, 3.05) is 33.4 Å². The van der Waals surface area contributed by atoms with Gasteiger partial charge in [-0.05, 0) is 44.5 Å². The van der Waals surface area contributed by atoms with E-state index in [9.17, 15) is 23.9 Å². The van der Waals surface area contributed by atoms with Gasteiger partial charge < -0.3 is 28.9 Å². The van der Waals surface area contributed by atoms with Crippen molar-refractivity contribution in [2.24, 2.45) is 11.3 Å². The molecule has 1 fully saturated rings. The SMILES string of the molecule is COCC(=O)N(CC1CN(C(=O)OC(C)(C)C)CC1F)C(c1nc(-c2cc(F)ccc2F)cn1Cc1ccccc1)C(C)(C)CC(=O)O. The van der Waals surface area contributed by atoms with E-state index in [2.05, 4.69) is 0 Å². The standard InChI is InChI=1S/C35H43F3N4O6/c1-34(2,3)48-33(46)41-17-23(27(38)19-41)18-42(29(43)21-47-6)31(35(4,5)15-30(44)45)32-39-28(25-14-24(36)12-13-26(25)37)20-40(32)16-22-10-8-7-9-11-22/h7-14,20,23,27,31H,15-19,21H2,1-6H3,(H,44,45). The molecule has 260 valence electrons. The molecular formula is C35H43F3N4O6. The third-order valence-corrected chi connectivity index (χ3v) is 8.14. The molecule has 0 radical (unpaired) electrons. The summed E-state index contributed by atoms with van der Waals surface area (Å²) in [6, 6.07) is 11.1. The topological polar surface area (TPSA) is 114 Å². The first-order valence-corrected chi connectivity index (χ1v) is 15.7. The zero-order valence-corrected chi connectivity index (χ0v) is 28.1. The molecule has 1 saturated heterocycles. The number of hydrogen-bond acceptors (Lipinski definition) is 6. The predicted octanol–water partition coefficient (Wildman–Crippen LogP) is 6.10. The van der Waals surface area contributed by atoms with Crippen molar-refractivity contribution in [3.05, 3.63) is 77.8 Å². The van der Waals surface area contributed by atoms with Gasteiger partial charge in [-0.1, -0.05) is 44.2 Å². The molecule has 0 bridgehead atoms. The molecule has 1 aliphatic heterocycles. The van der Waals surface area contributed by atoms with Crippen LogP contribution in [-0.2, 0) is 25.6 Å². The van der Waals surface area contributed by atoms with Crippen LogP contribution in [0.1, 0.15) is 58.5 Å². The lowest BCUT2D eigenvalue weighted by atomic mass is 9.79. The van der Waals surface area contributed by atoms with Crippen molar-refractivity contribution in [2.45, 2.75) is 65.4 Å². The van der Waals surface area contributed by atoms with E-state index in [4.69, 9.17) is 14.5 Å². The Hall–Kier alpha value is -4.39. The van der Waals surface area contributed by atoms with Gasteiger partial charge in [-0.25, -0.2) is 22.9 Å². The van der Waals surface area contributed by atoms with Crippen molar-refractivity contribution in [1.29, 1.82) is 0 Å². The highest BCUT2D eigenvalue weighted by molar-refractivity contribution is 5.78. The number of alkyl halides is 1. The summed E-state index contributed by atoms with van der Waals surface area (Å²) < 4.78 is 57.4. The summed E-state index contributed by atoms with van der Waals surface area (Å²) in [6.45, 7) is 7.65. The second kappa shape index (κ2) is 14.8. The Morgan fingerprint density at radius 3 is 2.38 bits per heavy atom. The average molecular weight is 673 g/mol. The van der Waals surface area contributed by atoms with Crippen molar-refractivity contribution in [1.82, 2.24) is 19.4 Å². The fourth-order valence-electron chi connectivity index (χ4n) is 6.07. The Bertz CT molecular complexity index is 1610. The maximum absolute atomic E-state index is 15.7. The van der Waals surface area contributed by atoms with Crippen LogP contribution in [0.15, 0.2) is 54.7 Å². The van der Waals surface area contributed by atoms with Crippen molar-refractivity contribution < 1.29 is 42.1 Å². The van der Waals surface area contributed by atoms with Crippen molar-refractivity contribution >= 4 is 18.0 Å². The van der Waals surface area contributed by atoms with E-state index in [1.807, 2.05) is 30.3 Å². The van der Waals surface area contributed by atoms with E-state index in [1.165, 1.54) is 23.1 Å². The lowest BCUT2D eigenvalue weighted by Crippen LogP contribution is -2.48. The monoisotopic (exact) mass is 672 g/mol. The minimum atomic E-state index is -1.53. The summed E-state index contributed by atoms with van der Waals surface area (Å²) in [7, 11) is 1.33. The molecule has 2 aromatic carbocycles. The number of imidazole rings is 1. The van der Waals surface area contributed by atoms with Crippen LogP contribution in [0.4, 0.5) is 18.0 Å². The highest BCUT2D eigenvalue weighted by Crippen LogP contribution is 2.43. The van der Waals surface area contributed by atoms with Crippen LogP contribution < -0.4 is 0 Å². The molecule has 0 saturated carbocycles. The molecule has 0 aliphatic carbocycles. The number of benzene rings is 2. The van der Waals surface area contributed by atoms with E-state index < -0.39 is 71.8 Å². The van der Waals surface area contributed by atoms with Crippen molar-refractivity contribution in [3.63, 3.8) is 0 Å². The zero-order chi connectivity index (χ0) is 35.4. The number of carboxylic acids is 1. The molecular weight excluding hydrogens is 629 g/mol. The van der Waals surface area contributed by atoms with Crippen LogP contribution in [-0.4, -0.2) is 87.6 Å². The lowest BCUT2D eigenvalue weighted by molar-refractivity contribution is -0.147. The predicted molar refractivity (Wildman–Crippen MR) is 172 cm³/mol. The molecule has 13 heteroatoms. The normalized spacial score (nSPS) is 17.3. The van der Waals surface area contributed by atoms with Gasteiger partial charge in [-0.3, -0.25) is 9.59 Å². The molecule has 3 atom stereocenters. The molecule has 2 heterocycles. The first kappa shape index (κ1) is 36.4. The first-order chi connectivity index (χ1) is 22.5. The van der Waals surface area contributed by atoms with E-state index in [0.717, 1.165) is 23.8 Å². The fourth-order valence-corrected chi connectivity index (χ4v) is 6.07. The summed E-state index contributed by atoms with van der Waals surface area (Å²) in [5.74, 6) is -3.81. The van der Waals surface area contributed by atoms with Crippen molar-refractivity contribution in [3.8, 4) is 11.3 Å². The fraction of sp³-hybridized carbons (Fsp3) is 0.486. The van der Waals surface area contributed by atoms with Crippen LogP contribution in [0, 0.1) is 23.0 Å². The minimum Gasteiger partial charge on any atom is -0.481 e. The van der Waals surface area contributed by atoms with Gasteiger partial charge in [0.15, 0.2) is 0 Å². The van der Waals surface area contributed by atoms with Gasteiger partial charge in [0.05, 0.1) is 24.7 Å². The molecule has 3 aromatic rings. The third kappa shape index (κ3) is 8.94. The average Bonchev–Trinajstić information content (AvgIpc) is 3.56. The molecule has 4 rings (SSSR count). The summed E-state index contributed by atoms with van der Waals surface area (Å²) >= 11 is 0. The number of carbonyl (C=O) groups is 3. The number of methoxy groups -OCH3 is 1. The Labute approximate surface area is 278 Å². The molecule has 2 amide bonds. The number of halogens is 3. The van der Waals surface area contributed by atoms with Gasteiger partial charge in [0.2, 0.25) is 5.91 Å². The number of nitrogens with zero attached hydrogens (tertiary/aromatic N) is 4. The Morgan fingerprint density at radius 2 is 1.75 bits per heavy atom. The Balaban J connectivity index is 1.86. The maximum Gasteiger partial charge on any atom is 0.410 e. The largest absolute Gasteiger partial charge is 0.481 e. The van der Waals surface area contributed by atoms with E-state index >= 15 is 8.78 Å². The van der Waals surface area contributed by atoms with Gasteiger partial charge >= 0.3 is 12.1 Å². The molecule has 1 aliphatic rings. The number of ether oxygens (including phenoxy) is 2. The van der Waals surface area contributed by atoms with Gasteiger partial charge in [-0.15, -0.1) is 0 Å². The number of likely N-dealkylation sites (tertiary alicyclic amines) is 1. The maximum atomic E-state index is 15.7. The summed E-state index contributed by atoms with van der Waals surface area (Å²) in [6.07, 6.45) is -1.12. The van der Waals surface area contributed by atoms with E-state index in [1.54, 1.807) is 39.2 Å².